The molecule has 1 unspecified atom stereocenters. The molecule has 0 saturated carbocycles. The molecule has 1 fully saturated rings. The number of nitrogens with zero attached hydrogens (tertiary/aromatic N) is 3. The Bertz CT molecular complexity index is 872. The fourth-order valence-corrected chi connectivity index (χ4v) is 4.36. The van der Waals surface area contributed by atoms with Gasteiger partial charge in [0.1, 0.15) is 0 Å². The van der Waals surface area contributed by atoms with Crippen LogP contribution in [0.1, 0.15) is 37.9 Å². The van der Waals surface area contributed by atoms with Crippen LogP contribution in [0.2, 0.25) is 0 Å². The second kappa shape index (κ2) is 10.1. The van der Waals surface area contributed by atoms with Crippen LogP contribution in [0.15, 0.2) is 42.6 Å². The van der Waals surface area contributed by atoms with Gasteiger partial charge in [-0.1, -0.05) is 26.0 Å². The van der Waals surface area contributed by atoms with Crippen molar-refractivity contribution in [2.45, 2.75) is 39.8 Å². The van der Waals surface area contributed by atoms with E-state index in [9.17, 15) is 4.79 Å². The van der Waals surface area contributed by atoms with Crippen LogP contribution < -0.4 is 9.47 Å². The molecule has 0 bridgehead atoms. The third-order valence-corrected chi connectivity index (χ3v) is 5.82. The number of ether oxygens (including phenoxy) is 2. The highest BCUT2D eigenvalue weighted by molar-refractivity contribution is 5.79. The van der Waals surface area contributed by atoms with Gasteiger partial charge in [0.05, 0.1) is 24.8 Å². The van der Waals surface area contributed by atoms with Gasteiger partial charge in [-0.2, -0.15) is 0 Å². The lowest BCUT2D eigenvalue weighted by Crippen LogP contribution is -2.39. The van der Waals surface area contributed by atoms with E-state index in [4.69, 9.17) is 9.47 Å². The van der Waals surface area contributed by atoms with E-state index in [1.54, 1.807) is 0 Å². The molecule has 1 amide bonds. The first-order valence-electron chi connectivity index (χ1n) is 11.4. The van der Waals surface area contributed by atoms with Crippen LogP contribution in [0.4, 0.5) is 0 Å². The molecular weight excluding hydrogens is 390 g/mol. The van der Waals surface area contributed by atoms with Gasteiger partial charge in [-0.15, -0.1) is 0 Å². The predicted molar refractivity (Wildman–Crippen MR) is 120 cm³/mol. The normalized spacial score (nSPS) is 18.7. The number of hydrogen-bond donors (Lipinski definition) is 0. The molecule has 1 aromatic heterocycles. The molecule has 1 aromatic carbocycles. The average Bonchev–Trinajstić information content (AvgIpc) is 3.09. The molecule has 166 valence electrons. The Morgan fingerprint density at radius 3 is 2.81 bits per heavy atom. The molecule has 4 rings (SSSR count). The van der Waals surface area contributed by atoms with E-state index < -0.39 is 0 Å². The molecule has 2 aromatic rings. The van der Waals surface area contributed by atoms with Crippen LogP contribution in [0.3, 0.4) is 0 Å². The Morgan fingerprint density at radius 1 is 1.19 bits per heavy atom. The fourth-order valence-electron chi connectivity index (χ4n) is 4.36. The molecule has 31 heavy (non-hydrogen) atoms. The Labute approximate surface area is 185 Å². The Balaban J connectivity index is 1.41. The maximum atomic E-state index is 13.5. The van der Waals surface area contributed by atoms with Gasteiger partial charge >= 0.3 is 0 Å². The van der Waals surface area contributed by atoms with E-state index in [1.807, 2.05) is 41.4 Å². The van der Waals surface area contributed by atoms with Gasteiger partial charge in [-0.05, 0) is 48.7 Å². The highest BCUT2D eigenvalue weighted by Crippen LogP contribution is 2.31. The van der Waals surface area contributed by atoms with Gasteiger partial charge in [0.25, 0.3) is 0 Å². The Morgan fingerprint density at radius 2 is 2.03 bits per heavy atom. The lowest BCUT2D eigenvalue weighted by molar-refractivity contribution is -0.136. The predicted octanol–water partition coefficient (Wildman–Crippen LogP) is 3.75. The second-order valence-electron chi connectivity index (χ2n) is 8.99. The number of rotatable bonds is 7. The molecule has 1 saturated heterocycles. The molecule has 6 heteroatoms. The molecule has 0 N–H and O–H groups in total. The number of amides is 1. The standard InChI is InChI=1S/C25H33N3O3/c1-19(2)15-28(16-20-7-8-23-24(14-20)31-13-5-12-30-23)25(29)21-9-11-27(17-21)18-22-6-3-4-10-26-22/h3-4,6-8,10,14,19,21H,5,9,11-13,15-18H2,1-2H3. The summed E-state index contributed by atoms with van der Waals surface area (Å²) in [5.41, 5.74) is 2.14. The molecular formula is C25H33N3O3. The summed E-state index contributed by atoms with van der Waals surface area (Å²) in [6, 6.07) is 12.0. The first-order chi connectivity index (χ1) is 15.1. The zero-order valence-corrected chi connectivity index (χ0v) is 18.6. The molecule has 2 aliphatic heterocycles. The third-order valence-electron chi connectivity index (χ3n) is 5.82. The van der Waals surface area contributed by atoms with Crippen molar-refractivity contribution in [3.63, 3.8) is 0 Å². The molecule has 3 heterocycles. The fraction of sp³-hybridized carbons (Fsp3) is 0.520. The molecule has 6 nitrogen and oxygen atoms in total. The number of likely N-dealkylation sites (tertiary alicyclic amines) is 1. The van der Waals surface area contributed by atoms with Gasteiger partial charge in [0.2, 0.25) is 5.91 Å². The minimum absolute atomic E-state index is 0.0443. The van der Waals surface area contributed by atoms with Crippen molar-refractivity contribution in [1.82, 2.24) is 14.8 Å². The Hall–Kier alpha value is -2.60. The molecule has 2 aliphatic rings. The van der Waals surface area contributed by atoms with E-state index in [0.717, 1.165) is 61.8 Å². The van der Waals surface area contributed by atoms with E-state index in [0.29, 0.717) is 25.7 Å². The number of benzene rings is 1. The topological polar surface area (TPSA) is 54.9 Å². The average molecular weight is 424 g/mol. The summed E-state index contributed by atoms with van der Waals surface area (Å²) in [5.74, 6) is 2.29. The summed E-state index contributed by atoms with van der Waals surface area (Å²) in [4.78, 5) is 22.2. The lowest BCUT2D eigenvalue weighted by Gasteiger charge is -2.28. The van der Waals surface area contributed by atoms with Crippen molar-refractivity contribution in [2.75, 3.05) is 32.8 Å². The van der Waals surface area contributed by atoms with Gasteiger partial charge in [0, 0.05) is 38.8 Å². The van der Waals surface area contributed by atoms with Gasteiger partial charge in [0.15, 0.2) is 11.5 Å². The van der Waals surface area contributed by atoms with Crippen LogP contribution in [0, 0.1) is 11.8 Å². The third kappa shape index (κ3) is 5.76. The van der Waals surface area contributed by atoms with Crippen LogP contribution in [-0.2, 0) is 17.9 Å². The van der Waals surface area contributed by atoms with Crippen molar-refractivity contribution < 1.29 is 14.3 Å². The summed E-state index contributed by atoms with van der Waals surface area (Å²) in [6.07, 6.45) is 3.62. The van der Waals surface area contributed by atoms with E-state index >= 15 is 0 Å². The van der Waals surface area contributed by atoms with Gasteiger partial charge < -0.3 is 14.4 Å². The van der Waals surface area contributed by atoms with Crippen molar-refractivity contribution in [3.8, 4) is 11.5 Å². The van der Waals surface area contributed by atoms with Crippen molar-refractivity contribution in [1.29, 1.82) is 0 Å². The molecule has 0 radical (unpaired) electrons. The van der Waals surface area contributed by atoms with Crippen molar-refractivity contribution in [3.05, 3.63) is 53.9 Å². The summed E-state index contributed by atoms with van der Waals surface area (Å²) < 4.78 is 11.6. The minimum atomic E-state index is 0.0443. The van der Waals surface area contributed by atoms with Crippen LogP contribution in [0.25, 0.3) is 0 Å². The maximum absolute atomic E-state index is 13.5. The maximum Gasteiger partial charge on any atom is 0.227 e. The van der Waals surface area contributed by atoms with E-state index in [2.05, 4.69) is 29.8 Å². The zero-order valence-electron chi connectivity index (χ0n) is 18.6. The number of pyridine rings is 1. The monoisotopic (exact) mass is 423 g/mol. The number of hydrogen-bond acceptors (Lipinski definition) is 5. The van der Waals surface area contributed by atoms with E-state index in [-0.39, 0.29) is 11.8 Å². The molecule has 1 atom stereocenters. The highest BCUT2D eigenvalue weighted by atomic mass is 16.5. The van der Waals surface area contributed by atoms with Crippen LogP contribution in [0.5, 0.6) is 11.5 Å². The largest absolute Gasteiger partial charge is 0.490 e. The quantitative estimate of drug-likeness (QED) is 0.679. The van der Waals surface area contributed by atoms with E-state index in [1.165, 1.54) is 0 Å². The zero-order chi connectivity index (χ0) is 21.6. The molecule has 0 aliphatic carbocycles. The van der Waals surface area contributed by atoms with Crippen LogP contribution in [-0.4, -0.2) is 53.5 Å². The van der Waals surface area contributed by atoms with Crippen LogP contribution >= 0.6 is 0 Å². The number of carbonyl (C=O) groups excluding carboxylic acids is 1. The number of aromatic nitrogens is 1. The number of fused-ring (bicyclic) bond motifs is 1. The first kappa shape index (κ1) is 21.6. The van der Waals surface area contributed by atoms with Crippen molar-refractivity contribution in [2.24, 2.45) is 11.8 Å². The summed E-state index contributed by atoms with van der Waals surface area (Å²) in [5, 5.41) is 0. The summed E-state index contributed by atoms with van der Waals surface area (Å²) in [6.45, 7) is 9.57. The number of carbonyl (C=O) groups is 1. The summed E-state index contributed by atoms with van der Waals surface area (Å²) in [7, 11) is 0. The van der Waals surface area contributed by atoms with Gasteiger partial charge in [-0.3, -0.25) is 14.7 Å². The smallest absolute Gasteiger partial charge is 0.227 e. The molecule has 0 spiro atoms. The highest BCUT2D eigenvalue weighted by Gasteiger charge is 2.32. The van der Waals surface area contributed by atoms with Gasteiger partial charge in [-0.25, -0.2) is 0 Å². The lowest BCUT2D eigenvalue weighted by atomic mass is 10.0. The summed E-state index contributed by atoms with van der Waals surface area (Å²) >= 11 is 0. The second-order valence-corrected chi connectivity index (χ2v) is 8.99. The SMILES string of the molecule is CC(C)CN(Cc1ccc2c(c1)OCCCO2)C(=O)C1CCN(Cc2ccccn2)C1. The minimum Gasteiger partial charge on any atom is -0.490 e. The first-order valence-corrected chi connectivity index (χ1v) is 11.4. The van der Waals surface area contributed by atoms with Crippen molar-refractivity contribution >= 4 is 5.91 Å². The Kier molecular flexibility index (Phi) is 7.07.